The van der Waals surface area contributed by atoms with Crippen LogP contribution < -0.4 is 15.4 Å². The Kier molecular flexibility index (Phi) is 6.50. The molecule has 0 saturated carbocycles. The van der Waals surface area contributed by atoms with Crippen molar-refractivity contribution in [2.45, 2.75) is 45.2 Å². The molecule has 1 aliphatic rings. The second kappa shape index (κ2) is 9.73. The van der Waals surface area contributed by atoms with Crippen LogP contribution in [0, 0.1) is 0 Å². The number of nitrogens with zero attached hydrogens (tertiary/aromatic N) is 4. The average Bonchev–Trinajstić information content (AvgIpc) is 3.31. The van der Waals surface area contributed by atoms with Crippen molar-refractivity contribution in [2.75, 3.05) is 11.9 Å². The number of benzene rings is 2. The number of sulfonamides is 1. The van der Waals surface area contributed by atoms with Crippen molar-refractivity contribution in [1.29, 1.82) is 0 Å². The van der Waals surface area contributed by atoms with E-state index in [0.29, 0.717) is 19.0 Å². The molecule has 0 spiro atoms. The lowest BCUT2D eigenvalue weighted by Gasteiger charge is -2.21. The van der Waals surface area contributed by atoms with E-state index in [1.165, 1.54) is 5.56 Å². The van der Waals surface area contributed by atoms with Crippen LogP contribution in [0.4, 0.5) is 5.82 Å². The Hall–Kier alpha value is -3.34. The Labute approximate surface area is 205 Å². The maximum absolute atomic E-state index is 12.2. The van der Waals surface area contributed by atoms with Crippen molar-refractivity contribution in [3.63, 3.8) is 0 Å². The molecule has 5 rings (SSSR count). The molecule has 2 aromatic heterocycles. The molecule has 0 unspecified atom stereocenters. The van der Waals surface area contributed by atoms with Gasteiger partial charge in [-0.1, -0.05) is 42.5 Å². The van der Waals surface area contributed by atoms with Gasteiger partial charge in [-0.25, -0.2) is 18.1 Å². The quantitative estimate of drug-likeness (QED) is 0.347. The van der Waals surface area contributed by atoms with E-state index in [2.05, 4.69) is 32.6 Å². The summed E-state index contributed by atoms with van der Waals surface area (Å²) in [4.78, 5) is 9.71. The predicted octanol–water partition coefficient (Wildman–Crippen LogP) is 2.90. The summed E-state index contributed by atoms with van der Waals surface area (Å²) in [5.41, 5.74) is 4.93. The number of rotatable bonds is 8. The molecule has 0 fully saturated rings. The zero-order valence-electron chi connectivity index (χ0n) is 19.8. The minimum absolute atomic E-state index is 0.197. The fourth-order valence-corrected chi connectivity index (χ4v) is 4.83. The van der Waals surface area contributed by atoms with Gasteiger partial charge in [0.05, 0.1) is 22.7 Å². The number of aromatic nitrogens is 4. The second-order valence-electron chi connectivity index (χ2n) is 8.88. The van der Waals surface area contributed by atoms with Crippen molar-refractivity contribution in [3.05, 3.63) is 77.1 Å². The highest BCUT2D eigenvalue weighted by Crippen LogP contribution is 2.25. The van der Waals surface area contributed by atoms with Crippen LogP contribution in [0.5, 0.6) is 0 Å². The topological polar surface area (TPSA) is 114 Å². The van der Waals surface area contributed by atoms with E-state index in [1.54, 1.807) is 24.7 Å². The van der Waals surface area contributed by atoms with Crippen LogP contribution in [-0.2, 0) is 36.1 Å². The van der Waals surface area contributed by atoms with Gasteiger partial charge in [0.2, 0.25) is 10.0 Å². The highest BCUT2D eigenvalue weighted by Gasteiger charge is 2.21. The standard InChI is InChI=1S/C25H29N7O2S/c1-17(2)35(33,34)29-14-19-9-6-10-23-21(19)15-28-32(23)25-30-22-16-26-12-11-20(22)24(31-25)27-13-18-7-4-3-5-8-18/h3-10,15,17,26,29H,11-14,16H2,1-2H3,(H,27,30,31). The van der Waals surface area contributed by atoms with E-state index in [4.69, 9.17) is 9.97 Å². The van der Waals surface area contributed by atoms with Gasteiger partial charge in [-0.2, -0.15) is 14.8 Å². The first-order valence-electron chi connectivity index (χ1n) is 11.7. The second-order valence-corrected chi connectivity index (χ2v) is 11.2. The lowest BCUT2D eigenvalue weighted by Crippen LogP contribution is -2.30. The van der Waals surface area contributed by atoms with Crippen LogP contribution in [0.15, 0.2) is 54.7 Å². The third-order valence-corrected chi connectivity index (χ3v) is 7.99. The largest absolute Gasteiger partial charge is 0.366 e. The fourth-order valence-electron chi connectivity index (χ4n) is 4.14. The smallest absolute Gasteiger partial charge is 0.253 e. The first kappa shape index (κ1) is 23.4. The Morgan fingerprint density at radius 1 is 1.06 bits per heavy atom. The Balaban J connectivity index is 1.49. The van der Waals surface area contributed by atoms with E-state index in [0.717, 1.165) is 46.5 Å². The predicted molar refractivity (Wildman–Crippen MR) is 137 cm³/mol. The summed E-state index contributed by atoms with van der Waals surface area (Å²) < 4.78 is 28.9. The van der Waals surface area contributed by atoms with Crippen LogP contribution in [0.2, 0.25) is 0 Å². The Bertz CT molecular complexity index is 1450. The summed E-state index contributed by atoms with van der Waals surface area (Å²) in [7, 11) is -3.37. The van der Waals surface area contributed by atoms with Crippen LogP contribution in [0.3, 0.4) is 0 Å². The van der Waals surface area contributed by atoms with Gasteiger partial charge in [0.1, 0.15) is 5.82 Å². The molecule has 10 heteroatoms. The van der Waals surface area contributed by atoms with Gasteiger partial charge in [0.15, 0.2) is 0 Å². The first-order chi connectivity index (χ1) is 16.9. The lowest BCUT2D eigenvalue weighted by molar-refractivity contribution is 0.572. The molecule has 182 valence electrons. The molecule has 35 heavy (non-hydrogen) atoms. The van der Waals surface area contributed by atoms with Crippen LogP contribution in [0.25, 0.3) is 16.9 Å². The summed E-state index contributed by atoms with van der Waals surface area (Å²) >= 11 is 0. The van der Waals surface area contributed by atoms with E-state index in [9.17, 15) is 8.42 Å². The number of anilines is 1. The molecule has 0 aliphatic carbocycles. The van der Waals surface area contributed by atoms with Crippen molar-refractivity contribution in [1.82, 2.24) is 29.8 Å². The van der Waals surface area contributed by atoms with Gasteiger partial charge < -0.3 is 10.6 Å². The molecule has 4 aromatic rings. The van der Waals surface area contributed by atoms with Crippen LogP contribution >= 0.6 is 0 Å². The highest BCUT2D eigenvalue weighted by molar-refractivity contribution is 7.90. The van der Waals surface area contributed by atoms with Crippen molar-refractivity contribution in [3.8, 4) is 5.95 Å². The third-order valence-electron chi connectivity index (χ3n) is 6.21. The molecule has 9 nitrogen and oxygen atoms in total. The zero-order valence-corrected chi connectivity index (χ0v) is 20.6. The Morgan fingerprint density at radius 2 is 1.89 bits per heavy atom. The maximum atomic E-state index is 12.2. The van der Waals surface area contributed by atoms with Gasteiger partial charge in [0, 0.05) is 30.6 Å². The van der Waals surface area contributed by atoms with Gasteiger partial charge in [0.25, 0.3) is 5.95 Å². The molecule has 0 saturated heterocycles. The monoisotopic (exact) mass is 491 g/mol. The minimum Gasteiger partial charge on any atom is -0.366 e. The molecule has 0 atom stereocenters. The lowest BCUT2D eigenvalue weighted by atomic mass is 10.1. The van der Waals surface area contributed by atoms with Crippen LogP contribution in [0.1, 0.15) is 36.2 Å². The van der Waals surface area contributed by atoms with E-state index >= 15 is 0 Å². The number of nitrogens with one attached hydrogen (secondary N) is 3. The van der Waals surface area contributed by atoms with Crippen LogP contribution in [-0.4, -0.2) is 40.0 Å². The summed E-state index contributed by atoms with van der Waals surface area (Å²) in [6, 6.07) is 16.0. The molecule has 1 aliphatic heterocycles. The zero-order chi connectivity index (χ0) is 24.4. The molecule has 3 N–H and O–H groups in total. The number of hydrogen-bond acceptors (Lipinski definition) is 7. The highest BCUT2D eigenvalue weighted by atomic mass is 32.2. The molecule has 2 aromatic carbocycles. The summed E-state index contributed by atoms with van der Waals surface area (Å²) in [5, 5.41) is 11.8. The van der Waals surface area contributed by atoms with E-state index in [-0.39, 0.29) is 6.54 Å². The van der Waals surface area contributed by atoms with E-state index in [1.807, 2.05) is 36.4 Å². The molecule has 3 heterocycles. The van der Waals surface area contributed by atoms with Gasteiger partial charge in [-0.15, -0.1) is 0 Å². The summed E-state index contributed by atoms with van der Waals surface area (Å²) in [5.74, 6) is 1.30. The first-order valence-corrected chi connectivity index (χ1v) is 13.3. The molecular formula is C25H29N7O2S. The van der Waals surface area contributed by atoms with E-state index < -0.39 is 15.3 Å². The van der Waals surface area contributed by atoms with Crippen molar-refractivity contribution in [2.24, 2.45) is 0 Å². The fraction of sp³-hybridized carbons (Fsp3) is 0.320. The van der Waals surface area contributed by atoms with Crippen molar-refractivity contribution >= 4 is 26.7 Å². The third kappa shape index (κ3) is 4.90. The van der Waals surface area contributed by atoms with Gasteiger partial charge in [-0.3, -0.25) is 0 Å². The molecule has 0 bridgehead atoms. The van der Waals surface area contributed by atoms with Gasteiger partial charge >= 0.3 is 0 Å². The van der Waals surface area contributed by atoms with Gasteiger partial charge in [-0.05, 0) is 44.0 Å². The summed E-state index contributed by atoms with van der Waals surface area (Å²) in [6.07, 6.45) is 2.60. The Morgan fingerprint density at radius 3 is 2.69 bits per heavy atom. The average molecular weight is 492 g/mol. The SMILES string of the molecule is CC(C)S(=O)(=O)NCc1cccc2c1cnn2-c1nc2c(c(NCc3ccccc3)n1)CCNC2. The molecular weight excluding hydrogens is 462 g/mol. The molecule has 0 radical (unpaired) electrons. The molecule has 0 amide bonds. The number of hydrogen-bond donors (Lipinski definition) is 3. The maximum Gasteiger partial charge on any atom is 0.253 e. The summed E-state index contributed by atoms with van der Waals surface area (Å²) in [6.45, 7) is 5.74. The van der Waals surface area contributed by atoms with Crippen molar-refractivity contribution < 1.29 is 8.42 Å². The normalized spacial score (nSPS) is 13.8. The minimum atomic E-state index is -3.37. The number of fused-ring (bicyclic) bond motifs is 2.